The highest BCUT2D eigenvalue weighted by Gasteiger charge is 2.22. The van der Waals surface area contributed by atoms with Crippen molar-refractivity contribution in [3.8, 4) is 11.3 Å². The molecule has 0 radical (unpaired) electrons. The van der Waals surface area contributed by atoms with Crippen LogP contribution in [0.15, 0.2) is 65.3 Å². The quantitative estimate of drug-likeness (QED) is 0.675. The summed E-state index contributed by atoms with van der Waals surface area (Å²) in [6.45, 7) is 3.31. The van der Waals surface area contributed by atoms with E-state index >= 15 is 0 Å². The number of pyridine rings is 1. The molecule has 1 aromatic carbocycles. The molecule has 134 valence electrons. The molecule has 4 rings (SSSR count). The summed E-state index contributed by atoms with van der Waals surface area (Å²) >= 11 is 0. The minimum Gasteiger partial charge on any atom is -0.371 e. The number of aromatic nitrogens is 2. The van der Waals surface area contributed by atoms with Gasteiger partial charge in [-0.1, -0.05) is 41.6 Å². The number of likely N-dealkylation sites (tertiary alicyclic amines) is 1. The summed E-state index contributed by atoms with van der Waals surface area (Å²) in [5.41, 5.74) is 2.95. The third kappa shape index (κ3) is 4.36. The van der Waals surface area contributed by atoms with Gasteiger partial charge in [-0.3, -0.25) is 9.88 Å². The first-order valence-corrected chi connectivity index (χ1v) is 9.12. The lowest BCUT2D eigenvalue weighted by Gasteiger charge is -2.31. The van der Waals surface area contributed by atoms with Crippen LogP contribution in [0.2, 0.25) is 0 Å². The topological polar surface area (TPSA) is 51.4 Å². The van der Waals surface area contributed by atoms with E-state index in [2.05, 4.69) is 15.0 Å². The molecule has 2 aromatic heterocycles. The Labute approximate surface area is 153 Å². The molecule has 0 aliphatic carbocycles. The summed E-state index contributed by atoms with van der Waals surface area (Å²) in [4.78, 5) is 6.70. The molecule has 3 aromatic rings. The van der Waals surface area contributed by atoms with Gasteiger partial charge in [0.15, 0.2) is 5.76 Å². The van der Waals surface area contributed by atoms with Crippen LogP contribution in [-0.4, -0.2) is 34.2 Å². The molecule has 1 aliphatic rings. The van der Waals surface area contributed by atoms with E-state index in [-0.39, 0.29) is 6.10 Å². The summed E-state index contributed by atoms with van der Waals surface area (Å²) in [5.74, 6) is 0.897. The Morgan fingerprint density at radius 2 is 2.00 bits per heavy atom. The highest BCUT2D eigenvalue weighted by Crippen LogP contribution is 2.21. The second-order valence-electron chi connectivity index (χ2n) is 6.68. The molecule has 0 bridgehead atoms. The molecule has 0 spiro atoms. The smallest absolute Gasteiger partial charge is 0.151 e. The Morgan fingerprint density at radius 1 is 1.12 bits per heavy atom. The highest BCUT2D eigenvalue weighted by atomic mass is 16.5. The molecule has 1 saturated heterocycles. The maximum absolute atomic E-state index is 6.06. The van der Waals surface area contributed by atoms with Crippen LogP contribution in [0.5, 0.6) is 0 Å². The summed E-state index contributed by atoms with van der Waals surface area (Å²) < 4.78 is 11.6. The van der Waals surface area contributed by atoms with Gasteiger partial charge in [0.1, 0.15) is 5.69 Å². The molecule has 0 amide bonds. The number of rotatable bonds is 6. The van der Waals surface area contributed by atoms with E-state index in [4.69, 9.17) is 9.26 Å². The van der Waals surface area contributed by atoms with Gasteiger partial charge < -0.3 is 9.26 Å². The molecule has 3 heterocycles. The maximum Gasteiger partial charge on any atom is 0.151 e. The Balaban J connectivity index is 1.32. The number of nitrogens with zero attached hydrogens (tertiary/aromatic N) is 3. The minimum atomic E-state index is 0.238. The van der Waals surface area contributed by atoms with Crippen molar-refractivity contribution in [3.05, 3.63) is 72.2 Å². The predicted molar refractivity (Wildman–Crippen MR) is 99.3 cm³/mol. The largest absolute Gasteiger partial charge is 0.371 e. The van der Waals surface area contributed by atoms with Crippen LogP contribution < -0.4 is 0 Å². The zero-order valence-corrected chi connectivity index (χ0v) is 14.8. The average Bonchev–Trinajstić information content (AvgIpc) is 3.17. The van der Waals surface area contributed by atoms with Crippen molar-refractivity contribution in [2.75, 3.05) is 13.1 Å². The number of piperidine rings is 1. The molecule has 5 nitrogen and oxygen atoms in total. The van der Waals surface area contributed by atoms with E-state index in [0.717, 1.165) is 55.2 Å². The lowest BCUT2D eigenvalue weighted by molar-refractivity contribution is -0.0149. The summed E-state index contributed by atoms with van der Waals surface area (Å²) in [6.07, 6.45) is 4.27. The first-order chi connectivity index (χ1) is 12.9. The third-order valence-electron chi connectivity index (χ3n) is 4.66. The average molecular weight is 349 g/mol. The number of benzene rings is 1. The van der Waals surface area contributed by atoms with E-state index in [1.165, 1.54) is 0 Å². The molecule has 0 saturated carbocycles. The summed E-state index contributed by atoms with van der Waals surface area (Å²) in [5, 5.41) is 4.21. The Morgan fingerprint density at radius 3 is 2.85 bits per heavy atom. The fourth-order valence-corrected chi connectivity index (χ4v) is 3.33. The van der Waals surface area contributed by atoms with E-state index in [1.807, 2.05) is 54.6 Å². The van der Waals surface area contributed by atoms with Crippen molar-refractivity contribution in [3.63, 3.8) is 0 Å². The first-order valence-electron chi connectivity index (χ1n) is 9.12. The second kappa shape index (κ2) is 8.25. The van der Waals surface area contributed by atoms with Gasteiger partial charge in [0.25, 0.3) is 0 Å². The van der Waals surface area contributed by atoms with Crippen molar-refractivity contribution >= 4 is 0 Å². The normalized spacial score (nSPS) is 18.1. The molecule has 1 fully saturated rings. The van der Waals surface area contributed by atoms with Crippen molar-refractivity contribution in [1.82, 2.24) is 15.0 Å². The number of hydrogen-bond donors (Lipinski definition) is 0. The van der Waals surface area contributed by atoms with Gasteiger partial charge in [0.05, 0.1) is 24.9 Å². The van der Waals surface area contributed by atoms with Crippen molar-refractivity contribution in [1.29, 1.82) is 0 Å². The van der Waals surface area contributed by atoms with E-state index in [0.29, 0.717) is 6.61 Å². The van der Waals surface area contributed by atoms with Gasteiger partial charge >= 0.3 is 0 Å². The fraction of sp³-hybridized carbons (Fsp3) is 0.333. The van der Waals surface area contributed by atoms with Crippen molar-refractivity contribution in [2.45, 2.75) is 32.1 Å². The van der Waals surface area contributed by atoms with Crippen LogP contribution in [-0.2, 0) is 17.9 Å². The van der Waals surface area contributed by atoms with Gasteiger partial charge in [-0.15, -0.1) is 0 Å². The molecule has 0 unspecified atom stereocenters. The molecule has 5 heteroatoms. The molecule has 1 atom stereocenters. The fourth-order valence-electron chi connectivity index (χ4n) is 3.33. The monoisotopic (exact) mass is 349 g/mol. The molecular weight excluding hydrogens is 326 g/mol. The van der Waals surface area contributed by atoms with Crippen LogP contribution in [0.4, 0.5) is 0 Å². The van der Waals surface area contributed by atoms with E-state index in [1.54, 1.807) is 6.20 Å². The van der Waals surface area contributed by atoms with Gasteiger partial charge in [0, 0.05) is 24.4 Å². The summed E-state index contributed by atoms with van der Waals surface area (Å²) in [6, 6.07) is 18.1. The van der Waals surface area contributed by atoms with Crippen LogP contribution >= 0.6 is 0 Å². The lowest BCUT2D eigenvalue weighted by atomic mass is 10.1. The highest BCUT2D eigenvalue weighted by molar-refractivity contribution is 5.58. The zero-order chi connectivity index (χ0) is 17.6. The van der Waals surface area contributed by atoms with Gasteiger partial charge in [-0.05, 0) is 31.5 Å². The van der Waals surface area contributed by atoms with Gasteiger partial charge in [0.2, 0.25) is 0 Å². The SMILES string of the molecule is c1ccc(-c2cc(CN3CCC[C@@H](OCc4ccccn4)C3)on2)cc1. The van der Waals surface area contributed by atoms with Gasteiger partial charge in [-0.25, -0.2) is 0 Å². The minimum absolute atomic E-state index is 0.238. The van der Waals surface area contributed by atoms with Crippen molar-refractivity contribution < 1.29 is 9.26 Å². The second-order valence-corrected chi connectivity index (χ2v) is 6.68. The maximum atomic E-state index is 6.06. The third-order valence-corrected chi connectivity index (χ3v) is 4.66. The number of hydrogen-bond acceptors (Lipinski definition) is 5. The Kier molecular flexibility index (Phi) is 5.38. The van der Waals surface area contributed by atoms with Crippen molar-refractivity contribution in [2.24, 2.45) is 0 Å². The predicted octanol–water partition coefficient (Wildman–Crippen LogP) is 3.92. The molecule has 26 heavy (non-hydrogen) atoms. The molecule has 0 N–H and O–H groups in total. The zero-order valence-electron chi connectivity index (χ0n) is 14.8. The van der Waals surface area contributed by atoms with Crippen LogP contribution in [0, 0.1) is 0 Å². The van der Waals surface area contributed by atoms with Crippen LogP contribution in [0.1, 0.15) is 24.3 Å². The first kappa shape index (κ1) is 16.9. The van der Waals surface area contributed by atoms with Crippen LogP contribution in [0.3, 0.4) is 0 Å². The van der Waals surface area contributed by atoms with Crippen LogP contribution in [0.25, 0.3) is 11.3 Å². The Bertz CT molecular complexity index is 804. The molecule has 1 aliphatic heterocycles. The standard InChI is InChI=1S/C21H23N3O2/c1-2-7-17(8-3-1)21-13-20(26-23-21)15-24-12-6-10-19(14-24)25-16-18-9-4-5-11-22-18/h1-5,7-9,11,13,19H,6,10,12,14-16H2/t19-/m1/s1. The van der Waals surface area contributed by atoms with E-state index in [9.17, 15) is 0 Å². The van der Waals surface area contributed by atoms with E-state index < -0.39 is 0 Å². The van der Waals surface area contributed by atoms with Gasteiger partial charge in [-0.2, -0.15) is 0 Å². The number of ether oxygens (including phenoxy) is 1. The Hall–Kier alpha value is -2.50. The lowest BCUT2D eigenvalue weighted by Crippen LogP contribution is -2.39. The molecular formula is C21H23N3O2. The summed E-state index contributed by atoms with van der Waals surface area (Å²) in [7, 11) is 0.